The summed E-state index contributed by atoms with van der Waals surface area (Å²) >= 11 is 0. The Morgan fingerprint density at radius 3 is 1.98 bits per heavy atom. The monoisotopic (exact) mass is 926 g/mol. The van der Waals surface area contributed by atoms with Crippen LogP contribution in [0.4, 0.5) is 0 Å². The molecule has 0 radical (unpaired) electrons. The number of benzene rings is 1. The molecule has 3 heterocycles. The van der Waals surface area contributed by atoms with E-state index in [0.29, 0.717) is 35.9 Å². The number of nitrogens with zero attached hydrogens (tertiary/aromatic N) is 1. The zero-order valence-electron chi connectivity index (χ0n) is 37.4. The van der Waals surface area contributed by atoms with Crippen molar-refractivity contribution in [3.8, 4) is 0 Å². The van der Waals surface area contributed by atoms with E-state index in [1.165, 1.54) is 4.90 Å². The van der Waals surface area contributed by atoms with Crippen molar-refractivity contribution in [1.82, 2.24) is 47.1 Å². The Morgan fingerprint density at radius 2 is 1.38 bits per heavy atom. The van der Waals surface area contributed by atoms with E-state index < -0.39 is 132 Å². The average Bonchev–Trinajstić information content (AvgIpc) is 4.06. The lowest BCUT2D eigenvalue weighted by Crippen LogP contribution is -2.61. The van der Waals surface area contributed by atoms with Gasteiger partial charge in [-0.1, -0.05) is 45.9 Å². The molecule has 2 aliphatic rings. The smallest absolute Gasteiger partial charge is 0.326 e. The van der Waals surface area contributed by atoms with Crippen molar-refractivity contribution in [2.45, 2.75) is 127 Å². The Balaban J connectivity index is 1.47. The van der Waals surface area contributed by atoms with E-state index in [-0.39, 0.29) is 32.2 Å². The van der Waals surface area contributed by atoms with Gasteiger partial charge in [0.25, 0.3) is 0 Å². The fourth-order valence-corrected chi connectivity index (χ4v) is 7.89. The number of fused-ring (bicyclic) bond motifs is 1. The summed E-state index contributed by atoms with van der Waals surface area (Å²) in [5.41, 5.74) is 6.63. The zero-order valence-corrected chi connectivity index (χ0v) is 37.4. The summed E-state index contributed by atoms with van der Waals surface area (Å²) in [6, 6.07) is -3.56. The number of amides is 8. The van der Waals surface area contributed by atoms with E-state index in [1.807, 2.05) is 0 Å². The van der Waals surface area contributed by atoms with Gasteiger partial charge in [0.15, 0.2) is 0 Å². The van der Waals surface area contributed by atoms with Gasteiger partial charge in [-0.3, -0.25) is 43.2 Å². The van der Waals surface area contributed by atoms with Crippen molar-refractivity contribution in [1.29, 1.82) is 0 Å². The van der Waals surface area contributed by atoms with E-state index in [1.54, 1.807) is 58.2 Å². The zero-order chi connectivity index (χ0) is 48.8. The molecule has 8 atom stereocenters. The quantitative estimate of drug-likeness (QED) is 0.0518. The summed E-state index contributed by atoms with van der Waals surface area (Å²) in [4.78, 5) is 135. The molecule has 0 spiro atoms. The molecule has 13 N–H and O–H groups in total. The third kappa shape index (κ3) is 14.2. The van der Waals surface area contributed by atoms with Gasteiger partial charge in [-0.2, -0.15) is 0 Å². The number of carboxylic acid groups (broad SMARTS) is 2. The van der Waals surface area contributed by atoms with Crippen LogP contribution in [0.2, 0.25) is 0 Å². The molecule has 2 aliphatic heterocycles. The second kappa shape index (κ2) is 24.1. The van der Waals surface area contributed by atoms with E-state index >= 15 is 0 Å². The Hall–Kier alpha value is -6.62. The molecule has 362 valence electrons. The van der Waals surface area contributed by atoms with Crippen molar-refractivity contribution in [3.63, 3.8) is 0 Å². The number of carbonyl (C=O) groups excluding carboxylic acids is 8. The number of aromatic amines is 1. The minimum Gasteiger partial charge on any atom is -0.481 e. The third-order valence-corrected chi connectivity index (χ3v) is 11.5. The topological polar surface area (TPSA) is 361 Å². The van der Waals surface area contributed by atoms with Crippen LogP contribution < -0.4 is 43.0 Å². The molecule has 66 heavy (non-hydrogen) atoms. The lowest BCUT2D eigenvalue weighted by molar-refractivity contribution is -0.143. The van der Waals surface area contributed by atoms with Gasteiger partial charge < -0.3 is 68.2 Å². The van der Waals surface area contributed by atoms with E-state index in [2.05, 4.69) is 42.2 Å². The molecule has 1 aromatic carbocycles. The number of H-pyrrole nitrogens is 1. The van der Waals surface area contributed by atoms with Crippen molar-refractivity contribution in [3.05, 3.63) is 36.0 Å². The maximum Gasteiger partial charge on any atom is 0.326 e. The number of likely N-dealkylation sites (tertiary alicyclic amines) is 1. The molecular weight excluding hydrogens is 865 g/mol. The van der Waals surface area contributed by atoms with Crippen LogP contribution in [0.1, 0.15) is 78.2 Å². The number of aliphatic hydroxyl groups is 1. The molecule has 8 amide bonds. The molecule has 0 unspecified atom stereocenters. The van der Waals surface area contributed by atoms with E-state index in [9.17, 15) is 63.3 Å². The molecule has 2 fully saturated rings. The van der Waals surface area contributed by atoms with Crippen molar-refractivity contribution < 1.29 is 63.3 Å². The SMILES string of the molecule is CC(C)[C@H](NC(=O)[C@H](Cc1c[nH]c2ccccc12)NC(=O)[C@H](CO)NC(=O)[C@H](CC(=O)O)NC(=O)[C@@H](NC(=O)[C@@H]1CCCN1C(=O)[C@H](CCC(N)=O)NC(=O)[C@@H]1CCCN1)C(C)C)C(=O)O. The summed E-state index contributed by atoms with van der Waals surface area (Å²) in [6.45, 7) is 5.96. The van der Waals surface area contributed by atoms with Crippen LogP contribution in [0.25, 0.3) is 10.9 Å². The fraction of sp³-hybridized carbons (Fsp3) is 0.581. The standard InChI is InChI=1S/C43H62N10O13/c1-21(2)34(51-40(62)31-12-8-16-53(31)42(64)27(13-14-32(44)55)47-36(58)26-11-7-15-45-26)41(63)49-29(18-33(56)57)37(59)50-30(20-54)39(61)48-28(38(60)52-35(22(3)4)43(65)66)17-23-19-46-25-10-6-5-9-24(23)25/h5-6,9-10,19,21-22,26-31,34-35,45-46,54H,7-8,11-18,20H2,1-4H3,(H2,44,55)(H,47,58)(H,48,61)(H,49,63)(H,50,59)(H,51,62)(H,52,60)(H,56,57)(H,65,66)/t26-,27-,28-,29-,30-,31-,34-,35-/m0/s1. The highest BCUT2D eigenvalue weighted by atomic mass is 16.4. The molecule has 0 aliphatic carbocycles. The first-order chi connectivity index (χ1) is 31.2. The predicted molar refractivity (Wildman–Crippen MR) is 234 cm³/mol. The molecular formula is C43H62N10O13. The van der Waals surface area contributed by atoms with Crippen LogP contribution >= 0.6 is 0 Å². The summed E-state index contributed by atoms with van der Waals surface area (Å²) < 4.78 is 0. The largest absolute Gasteiger partial charge is 0.481 e. The number of carbonyl (C=O) groups is 10. The first kappa shape index (κ1) is 52.0. The molecule has 23 heteroatoms. The highest BCUT2D eigenvalue weighted by Crippen LogP contribution is 2.22. The number of para-hydroxylation sites is 1. The summed E-state index contributed by atoms with van der Waals surface area (Å²) in [6.07, 6.45) is 1.98. The molecule has 0 bridgehead atoms. The molecule has 23 nitrogen and oxygen atoms in total. The summed E-state index contributed by atoms with van der Waals surface area (Å²) in [5.74, 6) is -10.8. The Morgan fingerprint density at radius 1 is 0.742 bits per heavy atom. The van der Waals surface area contributed by atoms with Crippen LogP contribution in [0, 0.1) is 11.8 Å². The van der Waals surface area contributed by atoms with Crippen LogP contribution in [-0.2, 0) is 54.4 Å². The number of aromatic nitrogens is 1. The maximum absolute atomic E-state index is 13.9. The van der Waals surface area contributed by atoms with Gasteiger partial charge in [-0.25, -0.2) is 4.79 Å². The van der Waals surface area contributed by atoms with Crippen LogP contribution in [-0.4, -0.2) is 152 Å². The first-order valence-electron chi connectivity index (χ1n) is 22.0. The number of aliphatic hydroxyl groups excluding tert-OH is 1. The second-order valence-corrected chi connectivity index (χ2v) is 17.2. The van der Waals surface area contributed by atoms with Gasteiger partial charge in [0.1, 0.15) is 42.3 Å². The Kier molecular flexibility index (Phi) is 19.0. The van der Waals surface area contributed by atoms with E-state index in [4.69, 9.17) is 5.73 Å². The summed E-state index contributed by atoms with van der Waals surface area (Å²) in [7, 11) is 0. The van der Waals surface area contributed by atoms with Gasteiger partial charge in [0.05, 0.1) is 19.1 Å². The highest BCUT2D eigenvalue weighted by molar-refractivity contribution is 5.99. The molecule has 2 saturated heterocycles. The Bertz CT molecular complexity index is 2120. The number of carboxylic acids is 2. The third-order valence-electron chi connectivity index (χ3n) is 11.5. The van der Waals surface area contributed by atoms with Crippen molar-refractivity contribution >= 4 is 70.1 Å². The second-order valence-electron chi connectivity index (χ2n) is 17.2. The number of hydrogen-bond donors (Lipinski definition) is 12. The maximum atomic E-state index is 13.9. The average molecular weight is 927 g/mol. The van der Waals surface area contributed by atoms with Crippen molar-refractivity contribution in [2.24, 2.45) is 17.6 Å². The number of nitrogens with two attached hydrogens (primary N) is 1. The van der Waals surface area contributed by atoms with Crippen LogP contribution in [0.3, 0.4) is 0 Å². The Labute approximate surface area is 380 Å². The lowest BCUT2D eigenvalue weighted by atomic mass is 10.0. The van der Waals surface area contributed by atoms with Crippen LogP contribution in [0.15, 0.2) is 30.5 Å². The molecule has 2 aromatic rings. The fourth-order valence-electron chi connectivity index (χ4n) is 7.89. The van der Waals surface area contributed by atoms with Gasteiger partial charge in [-0.15, -0.1) is 0 Å². The minimum atomic E-state index is -1.86. The lowest BCUT2D eigenvalue weighted by Gasteiger charge is -2.31. The molecule has 0 saturated carbocycles. The highest BCUT2D eigenvalue weighted by Gasteiger charge is 2.41. The number of aliphatic carboxylic acids is 2. The molecule has 4 rings (SSSR count). The number of nitrogens with one attached hydrogen (secondary N) is 8. The van der Waals surface area contributed by atoms with Crippen LogP contribution in [0.5, 0.6) is 0 Å². The number of hydrogen-bond acceptors (Lipinski definition) is 12. The number of rotatable bonds is 24. The van der Waals surface area contributed by atoms with E-state index in [0.717, 1.165) is 6.42 Å². The first-order valence-corrected chi connectivity index (χ1v) is 22.0. The van der Waals surface area contributed by atoms with Crippen molar-refractivity contribution in [2.75, 3.05) is 19.7 Å². The minimum absolute atomic E-state index is 0.118. The predicted octanol–water partition coefficient (Wildman–Crippen LogP) is -2.51. The summed E-state index contributed by atoms with van der Waals surface area (Å²) in [5, 5.41) is 48.1. The molecule has 1 aromatic heterocycles. The van der Waals surface area contributed by atoms with Gasteiger partial charge in [0.2, 0.25) is 47.3 Å². The number of primary amides is 1. The normalized spacial score (nSPS) is 18.6. The van der Waals surface area contributed by atoms with Gasteiger partial charge >= 0.3 is 11.9 Å². The van der Waals surface area contributed by atoms with Gasteiger partial charge in [0, 0.05) is 36.5 Å². The van der Waals surface area contributed by atoms with Gasteiger partial charge in [-0.05, 0) is 62.1 Å².